The SMILES string of the molecule is c1cc2c(ccc3ccc4[nH]ccc4c32)[nH]1. The van der Waals surface area contributed by atoms with Crippen LogP contribution in [0.15, 0.2) is 48.8 Å². The molecule has 2 heterocycles. The molecule has 2 aromatic heterocycles. The summed E-state index contributed by atoms with van der Waals surface area (Å²) in [6, 6.07) is 12.9. The van der Waals surface area contributed by atoms with E-state index in [1.807, 2.05) is 12.4 Å². The van der Waals surface area contributed by atoms with Gasteiger partial charge < -0.3 is 9.97 Å². The number of hydrogen-bond donors (Lipinski definition) is 2. The van der Waals surface area contributed by atoms with Gasteiger partial charge in [-0.05, 0) is 29.7 Å². The Balaban J connectivity index is 2.44. The van der Waals surface area contributed by atoms with Gasteiger partial charge in [-0.2, -0.15) is 0 Å². The highest BCUT2D eigenvalue weighted by atomic mass is 14.7. The maximum atomic E-state index is 3.26. The van der Waals surface area contributed by atoms with Crippen molar-refractivity contribution in [3.05, 3.63) is 48.8 Å². The summed E-state index contributed by atoms with van der Waals surface area (Å²) in [5.74, 6) is 0. The lowest BCUT2D eigenvalue weighted by Crippen LogP contribution is -1.76. The van der Waals surface area contributed by atoms with E-state index >= 15 is 0 Å². The van der Waals surface area contributed by atoms with E-state index in [0.717, 1.165) is 0 Å². The second-order valence-corrected chi connectivity index (χ2v) is 4.11. The number of benzene rings is 2. The molecule has 0 saturated heterocycles. The number of fused-ring (bicyclic) bond motifs is 5. The number of aromatic amines is 2. The lowest BCUT2D eigenvalue weighted by molar-refractivity contribution is 1.48. The topological polar surface area (TPSA) is 31.6 Å². The van der Waals surface area contributed by atoms with Crippen LogP contribution in [-0.4, -0.2) is 9.97 Å². The average Bonchev–Trinajstić information content (AvgIpc) is 2.96. The van der Waals surface area contributed by atoms with Crippen LogP contribution in [0.25, 0.3) is 32.6 Å². The van der Waals surface area contributed by atoms with Gasteiger partial charge in [-0.25, -0.2) is 0 Å². The number of nitrogens with one attached hydrogen (secondary N) is 2. The van der Waals surface area contributed by atoms with Crippen LogP contribution in [0, 0.1) is 0 Å². The minimum Gasteiger partial charge on any atom is -0.361 e. The quantitative estimate of drug-likeness (QED) is 0.438. The zero-order valence-corrected chi connectivity index (χ0v) is 8.62. The number of H-pyrrole nitrogens is 2. The Morgan fingerprint density at radius 2 is 1.19 bits per heavy atom. The Morgan fingerprint density at radius 3 is 1.75 bits per heavy atom. The second kappa shape index (κ2) is 2.67. The summed E-state index contributed by atoms with van der Waals surface area (Å²) in [7, 11) is 0. The molecule has 0 spiro atoms. The molecule has 0 aliphatic rings. The van der Waals surface area contributed by atoms with Crippen LogP contribution in [0.1, 0.15) is 0 Å². The lowest BCUT2D eigenvalue weighted by Gasteiger charge is -2.01. The van der Waals surface area contributed by atoms with Crippen LogP contribution < -0.4 is 0 Å². The normalized spacial score (nSPS) is 11.8. The standard InChI is InChI=1S/C14H10N2/c1-3-12-10(5-7-15-12)14-9(1)2-4-13-11(14)6-8-16-13/h1-8,15-16H. The Kier molecular flexibility index (Phi) is 1.33. The highest BCUT2D eigenvalue weighted by Gasteiger charge is 2.05. The van der Waals surface area contributed by atoms with Gasteiger partial charge in [0.1, 0.15) is 0 Å². The highest BCUT2D eigenvalue weighted by molar-refractivity contribution is 6.19. The molecule has 0 bridgehead atoms. The lowest BCUT2D eigenvalue weighted by atomic mass is 10.0. The van der Waals surface area contributed by atoms with E-state index in [-0.39, 0.29) is 0 Å². The van der Waals surface area contributed by atoms with Crippen LogP contribution in [0.5, 0.6) is 0 Å². The van der Waals surface area contributed by atoms with E-state index in [2.05, 4.69) is 46.4 Å². The summed E-state index contributed by atoms with van der Waals surface area (Å²) < 4.78 is 0. The molecule has 0 unspecified atom stereocenters. The molecule has 0 saturated carbocycles. The van der Waals surface area contributed by atoms with Crippen molar-refractivity contribution in [1.29, 1.82) is 0 Å². The number of rotatable bonds is 0. The fourth-order valence-corrected chi connectivity index (χ4v) is 2.50. The third kappa shape index (κ3) is 0.865. The van der Waals surface area contributed by atoms with E-state index in [9.17, 15) is 0 Å². The molecule has 0 aliphatic heterocycles. The van der Waals surface area contributed by atoms with Gasteiger partial charge in [-0.15, -0.1) is 0 Å². The third-order valence-corrected chi connectivity index (χ3v) is 3.24. The molecule has 0 atom stereocenters. The van der Waals surface area contributed by atoms with E-state index in [1.165, 1.54) is 32.6 Å². The molecule has 0 aliphatic carbocycles. The van der Waals surface area contributed by atoms with Crippen molar-refractivity contribution in [2.24, 2.45) is 0 Å². The maximum Gasteiger partial charge on any atom is 0.0460 e. The highest BCUT2D eigenvalue weighted by Crippen LogP contribution is 2.30. The van der Waals surface area contributed by atoms with Gasteiger partial charge in [0.25, 0.3) is 0 Å². The van der Waals surface area contributed by atoms with Crippen molar-refractivity contribution in [2.75, 3.05) is 0 Å². The molecule has 0 radical (unpaired) electrons. The van der Waals surface area contributed by atoms with Gasteiger partial charge in [-0.1, -0.05) is 12.1 Å². The predicted octanol–water partition coefficient (Wildman–Crippen LogP) is 3.80. The molecule has 2 heteroatoms. The Morgan fingerprint density at radius 1 is 0.625 bits per heavy atom. The zero-order valence-electron chi connectivity index (χ0n) is 8.62. The first kappa shape index (κ1) is 7.99. The number of aromatic nitrogens is 2. The van der Waals surface area contributed by atoms with Gasteiger partial charge in [0.2, 0.25) is 0 Å². The van der Waals surface area contributed by atoms with Gasteiger partial charge in [0, 0.05) is 39.6 Å². The first-order valence-corrected chi connectivity index (χ1v) is 5.39. The van der Waals surface area contributed by atoms with Crippen molar-refractivity contribution in [1.82, 2.24) is 9.97 Å². The van der Waals surface area contributed by atoms with Crippen molar-refractivity contribution >= 4 is 32.6 Å². The van der Waals surface area contributed by atoms with Gasteiger partial charge >= 0.3 is 0 Å². The molecule has 4 aromatic rings. The van der Waals surface area contributed by atoms with Crippen LogP contribution in [0.3, 0.4) is 0 Å². The maximum absolute atomic E-state index is 3.26. The molecule has 0 amide bonds. The Bertz CT molecular complexity index is 740. The van der Waals surface area contributed by atoms with Crippen LogP contribution in [0.2, 0.25) is 0 Å². The van der Waals surface area contributed by atoms with Crippen LogP contribution in [0.4, 0.5) is 0 Å². The van der Waals surface area contributed by atoms with E-state index in [0.29, 0.717) is 0 Å². The zero-order chi connectivity index (χ0) is 10.5. The molecule has 16 heavy (non-hydrogen) atoms. The summed E-state index contributed by atoms with van der Waals surface area (Å²) in [6.07, 6.45) is 3.99. The van der Waals surface area contributed by atoms with Crippen molar-refractivity contribution in [3.8, 4) is 0 Å². The first-order valence-electron chi connectivity index (χ1n) is 5.39. The number of hydrogen-bond acceptors (Lipinski definition) is 0. The molecule has 0 fully saturated rings. The monoisotopic (exact) mass is 206 g/mol. The summed E-state index contributed by atoms with van der Waals surface area (Å²) in [5, 5.41) is 5.21. The summed E-state index contributed by atoms with van der Waals surface area (Å²) in [6.45, 7) is 0. The van der Waals surface area contributed by atoms with Gasteiger partial charge in [0.15, 0.2) is 0 Å². The molecule has 76 valence electrons. The Labute approximate surface area is 91.9 Å². The molecular formula is C14H10N2. The van der Waals surface area contributed by atoms with Crippen molar-refractivity contribution in [3.63, 3.8) is 0 Å². The molecule has 2 N–H and O–H groups in total. The van der Waals surface area contributed by atoms with Gasteiger partial charge in [-0.3, -0.25) is 0 Å². The fourth-order valence-electron chi connectivity index (χ4n) is 2.50. The van der Waals surface area contributed by atoms with Crippen molar-refractivity contribution in [2.45, 2.75) is 0 Å². The third-order valence-electron chi connectivity index (χ3n) is 3.24. The fraction of sp³-hybridized carbons (Fsp3) is 0. The summed E-state index contributed by atoms with van der Waals surface area (Å²) in [4.78, 5) is 6.52. The molecular weight excluding hydrogens is 196 g/mol. The summed E-state index contributed by atoms with van der Waals surface area (Å²) in [5.41, 5.74) is 2.39. The molecule has 2 nitrogen and oxygen atoms in total. The predicted molar refractivity (Wildman–Crippen MR) is 67.7 cm³/mol. The largest absolute Gasteiger partial charge is 0.361 e. The van der Waals surface area contributed by atoms with E-state index < -0.39 is 0 Å². The van der Waals surface area contributed by atoms with E-state index in [4.69, 9.17) is 0 Å². The van der Waals surface area contributed by atoms with Gasteiger partial charge in [0.05, 0.1) is 0 Å². The second-order valence-electron chi connectivity index (χ2n) is 4.11. The summed E-state index contributed by atoms with van der Waals surface area (Å²) >= 11 is 0. The minimum absolute atomic E-state index is 1.20. The van der Waals surface area contributed by atoms with Crippen molar-refractivity contribution < 1.29 is 0 Å². The van der Waals surface area contributed by atoms with E-state index in [1.54, 1.807) is 0 Å². The Hall–Kier alpha value is -2.22. The van der Waals surface area contributed by atoms with Crippen LogP contribution in [-0.2, 0) is 0 Å². The molecule has 2 aromatic carbocycles. The minimum atomic E-state index is 1.20. The molecule has 4 rings (SSSR count). The van der Waals surface area contributed by atoms with Crippen LogP contribution >= 0.6 is 0 Å². The average molecular weight is 206 g/mol. The smallest absolute Gasteiger partial charge is 0.0460 e. The first-order chi connectivity index (χ1) is 7.93.